The highest BCUT2D eigenvalue weighted by atomic mass is 16.6. The van der Waals surface area contributed by atoms with Crippen molar-refractivity contribution in [1.29, 1.82) is 0 Å². The van der Waals surface area contributed by atoms with E-state index in [4.69, 9.17) is 4.84 Å². The van der Waals surface area contributed by atoms with Gasteiger partial charge in [0.15, 0.2) is 0 Å². The van der Waals surface area contributed by atoms with Gasteiger partial charge in [-0.15, -0.1) is 0 Å². The Morgan fingerprint density at radius 1 is 1.39 bits per heavy atom. The average Bonchev–Trinajstić information content (AvgIpc) is 3.20. The molecular weight excluding hydrogens is 228 g/mol. The maximum Gasteiger partial charge on any atom is 0.108 e. The Balaban J connectivity index is 2.12. The minimum Gasteiger partial charge on any atom is -0.411 e. The van der Waals surface area contributed by atoms with Crippen LogP contribution in [0.15, 0.2) is 40.6 Å². The number of oxime groups is 2. The number of hydrogen-bond donors (Lipinski definition) is 1. The lowest BCUT2D eigenvalue weighted by atomic mass is 10.0. The molecule has 1 aliphatic rings. The fourth-order valence-corrected chi connectivity index (χ4v) is 2.31. The smallest absolute Gasteiger partial charge is 0.108 e. The van der Waals surface area contributed by atoms with Gasteiger partial charge in [-0.2, -0.15) is 0 Å². The summed E-state index contributed by atoms with van der Waals surface area (Å²) in [6.07, 6.45) is 1.71. The van der Waals surface area contributed by atoms with Crippen LogP contribution >= 0.6 is 0 Å². The van der Waals surface area contributed by atoms with Gasteiger partial charge in [0.05, 0.1) is 0 Å². The molecule has 0 aromatic heterocycles. The number of hydrogen-bond acceptors (Lipinski definition) is 4. The second-order valence-electron chi connectivity index (χ2n) is 4.42. The summed E-state index contributed by atoms with van der Waals surface area (Å²) in [5, 5.41) is 16.5. The molecule has 0 amide bonds. The maximum atomic E-state index is 9.18. The van der Waals surface area contributed by atoms with Gasteiger partial charge in [0, 0.05) is 5.92 Å². The van der Waals surface area contributed by atoms with Crippen molar-refractivity contribution in [3.8, 4) is 0 Å². The molecule has 4 heteroatoms. The van der Waals surface area contributed by atoms with E-state index in [1.807, 2.05) is 25.1 Å². The van der Waals surface area contributed by atoms with Crippen LogP contribution in [0.2, 0.25) is 0 Å². The van der Waals surface area contributed by atoms with E-state index in [9.17, 15) is 5.21 Å². The van der Waals surface area contributed by atoms with Crippen molar-refractivity contribution >= 4 is 11.4 Å². The van der Waals surface area contributed by atoms with E-state index in [2.05, 4.69) is 22.4 Å². The van der Waals surface area contributed by atoms with Crippen LogP contribution in [0.1, 0.15) is 31.2 Å². The van der Waals surface area contributed by atoms with Gasteiger partial charge < -0.3 is 10.0 Å². The van der Waals surface area contributed by atoms with Crippen LogP contribution in [0.5, 0.6) is 0 Å². The molecular formula is C14H18N2O2. The molecule has 4 nitrogen and oxygen atoms in total. The lowest BCUT2D eigenvalue weighted by Gasteiger charge is -2.05. The van der Waals surface area contributed by atoms with Crippen molar-refractivity contribution in [1.82, 2.24) is 0 Å². The molecule has 1 N–H and O–H groups in total. The average molecular weight is 246 g/mol. The van der Waals surface area contributed by atoms with E-state index in [0.29, 0.717) is 18.1 Å². The summed E-state index contributed by atoms with van der Waals surface area (Å²) in [6, 6.07) is 10.3. The van der Waals surface area contributed by atoms with Crippen LogP contribution in [-0.2, 0) is 4.84 Å². The van der Waals surface area contributed by atoms with E-state index in [1.54, 1.807) is 0 Å². The Kier molecular flexibility index (Phi) is 3.97. The van der Waals surface area contributed by atoms with Gasteiger partial charge in [-0.25, -0.2) is 0 Å². The predicted octanol–water partition coefficient (Wildman–Crippen LogP) is 3.03. The fraction of sp³-hybridized carbons (Fsp3) is 0.429. The molecule has 0 bridgehead atoms. The zero-order valence-electron chi connectivity index (χ0n) is 10.7. The minimum atomic E-state index is 0.256. The van der Waals surface area contributed by atoms with Crippen molar-refractivity contribution in [3.63, 3.8) is 0 Å². The highest BCUT2D eigenvalue weighted by Crippen LogP contribution is 2.48. The molecule has 1 aromatic carbocycles. The quantitative estimate of drug-likeness (QED) is 0.493. The molecule has 1 fully saturated rings. The molecule has 2 atom stereocenters. The van der Waals surface area contributed by atoms with E-state index < -0.39 is 0 Å². The summed E-state index contributed by atoms with van der Waals surface area (Å²) in [7, 11) is 1.51. The lowest BCUT2D eigenvalue weighted by Crippen LogP contribution is -2.17. The number of benzene rings is 1. The minimum absolute atomic E-state index is 0.256. The van der Waals surface area contributed by atoms with E-state index in [0.717, 1.165) is 12.1 Å². The fourth-order valence-electron chi connectivity index (χ4n) is 2.31. The van der Waals surface area contributed by atoms with Gasteiger partial charge >= 0.3 is 0 Å². The first-order chi connectivity index (χ1) is 8.81. The van der Waals surface area contributed by atoms with Crippen LogP contribution in [0, 0.1) is 5.92 Å². The van der Waals surface area contributed by atoms with Crippen molar-refractivity contribution in [2.24, 2.45) is 16.2 Å². The molecule has 96 valence electrons. The second kappa shape index (κ2) is 5.67. The Labute approximate surface area is 107 Å². The van der Waals surface area contributed by atoms with Crippen molar-refractivity contribution in [3.05, 3.63) is 35.9 Å². The lowest BCUT2D eigenvalue weighted by molar-refractivity contribution is 0.213. The third-order valence-corrected chi connectivity index (χ3v) is 3.31. The van der Waals surface area contributed by atoms with E-state index in [1.165, 1.54) is 12.7 Å². The highest BCUT2D eigenvalue weighted by Gasteiger charge is 2.43. The maximum absolute atomic E-state index is 9.18. The van der Waals surface area contributed by atoms with E-state index in [-0.39, 0.29) is 5.92 Å². The SMILES string of the molecule is CCC(=N\OC)/C(=N\O)C1CC1c1ccccc1. The normalized spacial score (nSPS) is 23.9. The molecule has 0 radical (unpaired) electrons. The number of rotatable bonds is 5. The summed E-state index contributed by atoms with van der Waals surface area (Å²) in [6.45, 7) is 1.98. The molecule has 1 aromatic rings. The molecule has 1 saturated carbocycles. The summed E-state index contributed by atoms with van der Waals surface area (Å²) < 4.78 is 0. The summed E-state index contributed by atoms with van der Waals surface area (Å²) in [5.41, 5.74) is 2.67. The Bertz CT molecular complexity index is 454. The van der Waals surface area contributed by atoms with Crippen LogP contribution in [-0.4, -0.2) is 23.7 Å². The largest absolute Gasteiger partial charge is 0.411 e. The van der Waals surface area contributed by atoms with Gasteiger partial charge in [-0.1, -0.05) is 47.6 Å². The summed E-state index contributed by atoms with van der Waals surface area (Å²) in [5.74, 6) is 0.692. The Morgan fingerprint density at radius 2 is 2.11 bits per heavy atom. The first kappa shape index (κ1) is 12.6. The molecule has 0 spiro atoms. The first-order valence-electron chi connectivity index (χ1n) is 6.19. The van der Waals surface area contributed by atoms with Crippen molar-refractivity contribution in [2.45, 2.75) is 25.7 Å². The predicted molar refractivity (Wildman–Crippen MR) is 71.2 cm³/mol. The third-order valence-electron chi connectivity index (χ3n) is 3.31. The van der Waals surface area contributed by atoms with Gasteiger partial charge in [0.25, 0.3) is 0 Å². The Hall–Kier alpha value is -1.84. The molecule has 2 rings (SSSR count). The van der Waals surface area contributed by atoms with Crippen molar-refractivity contribution < 1.29 is 10.0 Å². The van der Waals surface area contributed by atoms with E-state index >= 15 is 0 Å². The topological polar surface area (TPSA) is 54.2 Å². The second-order valence-corrected chi connectivity index (χ2v) is 4.42. The Morgan fingerprint density at radius 3 is 2.67 bits per heavy atom. The molecule has 0 saturated heterocycles. The molecule has 0 heterocycles. The third kappa shape index (κ3) is 2.53. The van der Waals surface area contributed by atoms with Gasteiger partial charge in [-0.05, 0) is 24.3 Å². The zero-order chi connectivity index (χ0) is 13.0. The van der Waals surface area contributed by atoms with Gasteiger partial charge in [0.2, 0.25) is 0 Å². The standard InChI is InChI=1S/C14H18N2O2/c1-3-13(16-18-2)14(15-17)12-9-11(12)10-7-5-4-6-8-10/h4-8,11-12,17H,3,9H2,1-2H3/b15-14-,16-13+. The molecule has 2 unspecified atom stereocenters. The first-order valence-corrected chi connectivity index (χ1v) is 6.19. The van der Waals surface area contributed by atoms with Gasteiger partial charge in [-0.3, -0.25) is 0 Å². The van der Waals surface area contributed by atoms with Crippen LogP contribution in [0.4, 0.5) is 0 Å². The summed E-state index contributed by atoms with van der Waals surface area (Å²) in [4.78, 5) is 4.79. The molecule has 1 aliphatic carbocycles. The molecule has 18 heavy (non-hydrogen) atoms. The van der Waals surface area contributed by atoms with Crippen molar-refractivity contribution in [2.75, 3.05) is 7.11 Å². The summed E-state index contributed by atoms with van der Waals surface area (Å²) >= 11 is 0. The van der Waals surface area contributed by atoms with Crippen LogP contribution in [0.3, 0.4) is 0 Å². The molecule has 0 aliphatic heterocycles. The monoisotopic (exact) mass is 246 g/mol. The van der Waals surface area contributed by atoms with Crippen LogP contribution < -0.4 is 0 Å². The highest BCUT2D eigenvalue weighted by molar-refractivity contribution is 6.43. The number of nitrogens with zero attached hydrogens (tertiary/aromatic N) is 2. The van der Waals surface area contributed by atoms with Gasteiger partial charge in [0.1, 0.15) is 18.5 Å². The van der Waals surface area contributed by atoms with Crippen LogP contribution in [0.25, 0.3) is 0 Å². The zero-order valence-corrected chi connectivity index (χ0v) is 10.7.